The van der Waals surface area contributed by atoms with E-state index in [0.29, 0.717) is 6.04 Å². The summed E-state index contributed by atoms with van der Waals surface area (Å²) in [7, 11) is 0. The first-order chi connectivity index (χ1) is 8.58. The second-order valence-electron chi connectivity index (χ2n) is 6.01. The molecule has 0 aromatic carbocycles. The van der Waals surface area contributed by atoms with Crippen molar-refractivity contribution in [3.05, 3.63) is 22.6 Å². The van der Waals surface area contributed by atoms with Crippen LogP contribution in [0.5, 0.6) is 0 Å². The molecule has 1 aromatic heterocycles. The summed E-state index contributed by atoms with van der Waals surface area (Å²) < 4.78 is 6.54. The summed E-state index contributed by atoms with van der Waals surface area (Å²) in [4.78, 5) is 0. The molecule has 1 N–H and O–H groups in total. The van der Waals surface area contributed by atoms with Gasteiger partial charge in [0.15, 0.2) is 0 Å². The molecule has 2 nitrogen and oxygen atoms in total. The Bertz CT molecular complexity index is 374. The van der Waals surface area contributed by atoms with Crippen molar-refractivity contribution in [2.45, 2.75) is 52.6 Å². The first-order valence-corrected chi connectivity index (χ1v) is 7.82. The van der Waals surface area contributed by atoms with E-state index < -0.39 is 0 Å². The molecule has 0 amide bonds. The molecule has 3 atom stereocenters. The molecule has 3 unspecified atom stereocenters. The van der Waals surface area contributed by atoms with Gasteiger partial charge in [-0.1, -0.05) is 27.2 Å². The van der Waals surface area contributed by atoms with E-state index in [1.807, 2.05) is 6.07 Å². The lowest BCUT2D eigenvalue weighted by molar-refractivity contribution is 0.167. The van der Waals surface area contributed by atoms with Crippen molar-refractivity contribution in [3.63, 3.8) is 0 Å². The molecule has 0 aliphatic heterocycles. The van der Waals surface area contributed by atoms with Crippen LogP contribution in [-0.4, -0.2) is 6.04 Å². The third kappa shape index (κ3) is 3.39. The van der Waals surface area contributed by atoms with Gasteiger partial charge >= 0.3 is 0 Å². The summed E-state index contributed by atoms with van der Waals surface area (Å²) in [6, 6.07) is 2.59. The molecule has 2 rings (SSSR count). The Labute approximate surface area is 119 Å². The molecule has 0 spiro atoms. The molecule has 0 bridgehead atoms. The van der Waals surface area contributed by atoms with Crippen LogP contribution in [0.2, 0.25) is 0 Å². The lowest BCUT2D eigenvalue weighted by Gasteiger charge is -2.37. The summed E-state index contributed by atoms with van der Waals surface area (Å²) in [5, 5.41) is 3.70. The van der Waals surface area contributed by atoms with Gasteiger partial charge in [0.05, 0.1) is 17.3 Å². The van der Waals surface area contributed by atoms with Crippen molar-refractivity contribution in [3.8, 4) is 0 Å². The maximum atomic E-state index is 5.47. The quantitative estimate of drug-likeness (QED) is 0.879. The number of halogens is 1. The highest BCUT2D eigenvalue weighted by Crippen LogP contribution is 2.33. The standard InChI is InChI=1S/C15H24BrNO/c1-10(2)12-5-4-11(3)8-14(12)17-9-15-13(16)6-7-18-15/h6-7,10-12,14,17H,4-5,8-9H2,1-3H3. The van der Waals surface area contributed by atoms with Crippen molar-refractivity contribution in [2.24, 2.45) is 17.8 Å². The topological polar surface area (TPSA) is 25.2 Å². The molecule has 1 aliphatic carbocycles. The Hall–Kier alpha value is -0.280. The smallest absolute Gasteiger partial charge is 0.131 e. The Morgan fingerprint density at radius 3 is 2.83 bits per heavy atom. The Morgan fingerprint density at radius 2 is 2.22 bits per heavy atom. The van der Waals surface area contributed by atoms with Gasteiger partial charge in [0.25, 0.3) is 0 Å². The fourth-order valence-electron chi connectivity index (χ4n) is 3.11. The van der Waals surface area contributed by atoms with Gasteiger partial charge < -0.3 is 9.73 Å². The van der Waals surface area contributed by atoms with Crippen LogP contribution < -0.4 is 5.32 Å². The van der Waals surface area contributed by atoms with Gasteiger partial charge in [-0.05, 0) is 52.6 Å². The SMILES string of the molecule is CC1CCC(C(C)C)C(NCc2occc2Br)C1. The minimum atomic E-state index is 0.630. The van der Waals surface area contributed by atoms with Crippen LogP contribution in [0.1, 0.15) is 45.8 Å². The summed E-state index contributed by atoms with van der Waals surface area (Å²) >= 11 is 3.51. The first kappa shape index (κ1) is 14.1. The third-order valence-electron chi connectivity index (χ3n) is 4.24. The Kier molecular flexibility index (Phi) is 4.91. The Balaban J connectivity index is 1.94. The van der Waals surface area contributed by atoms with E-state index >= 15 is 0 Å². The van der Waals surface area contributed by atoms with Gasteiger partial charge in [0.1, 0.15) is 5.76 Å². The highest BCUT2D eigenvalue weighted by atomic mass is 79.9. The molecule has 18 heavy (non-hydrogen) atoms. The highest BCUT2D eigenvalue weighted by Gasteiger charge is 2.30. The van der Waals surface area contributed by atoms with Gasteiger partial charge in [0, 0.05) is 6.04 Å². The largest absolute Gasteiger partial charge is 0.467 e. The molecule has 1 saturated carbocycles. The zero-order valence-corrected chi connectivity index (χ0v) is 13.2. The highest BCUT2D eigenvalue weighted by molar-refractivity contribution is 9.10. The zero-order chi connectivity index (χ0) is 13.1. The van der Waals surface area contributed by atoms with E-state index in [1.165, 1.54) is 19.3 Å². The van der Waals surface area contributed by atoms with Crippen LogP contribution in [0.3, 0.4) is 0 Å². The van der Waals surface area contributed by atoms with Crippen molar-refractivity contribution in [1.29, 1.82) is 0 Å². The fraction of sp³-hybridized carbons (Fsp3) is 0.733. The second-order valence-corrected chi connectivity index (χ2v) is 6.86. The molecule has 3 heteroatoms. The third-order valence-corrected chi connectivity index (χ3v) is 4.94. The van der Waals surface area contributed by atoms with Crippen LogP contribution in [0.25, 0.3) is 0 Å². The summed E-state index contributed by atoms with van der Waals surface area (Å²) in [6.45, 7) is 7.89. The molecule has 0 radical (unpaired) electrons. The predicted molar refractivity (Wildman–Crippen MR) is 78.4 cm³/mol. The molecular formula is C15H24BrNO. The fourth-order valence-corrected chi connectivity index (χ4v) is 3.45. The molecule has 1 fully saturated rings. The molecule has 1 aromatic rings. The van der Waals surface area contributed by atoms with Crippen LogP contribution in [-0.2, 0) is 6.54 Å². The average molecular weight is 314 g/mol. The second kappa shape index (κ2) is 6.25. The van der Waals surface area contributed by atoms with E-state index in [2.05, 4.69) is 42.0 Å². The molecule has 0 saturated heterocycles. The van der Waals surface area contributed by atoms with Crippen molar-refractivity contribution >= 4 is 15.9 Å². The van der Waals surface area contributed by atoms with Crippen LogP contribution in [0.15, 0.2) is 21.2 Å². The monoisotopic (exact) mass is 313 g/mol. The molecule has 1 heterocycles. The van der Waals surface area contributed by atoms with Gasteiger partial charge in [-0.15, -0.1) is 0 Å². The normalized spacial score (nSPS) is 28.8. The maximum absolute atomic E-state index is 5.47. The van der Waals surface area contributed by atoms with Crippen molar-refractivity contribution < 1.29 is 4.42 Å². The number of furan rings is 1. The predicted octanol–water partition coefficient (Wildman–Crippen LogP) is 4.59. The van der Waals surface area contributed by atoms with Crippen LogP contribution in [0, 0.1) is 17.8 Å². The van der Waals surface area contributed by atoms with Crippen LogP contribution in [0.4, 0.5) is 0 Å². The van der Waals surface area contributed by atoms with E-state index in [0.717, 1.165) is 34.5 Å². The van der Waals surface area contributed by atoms with Gasteiger partial charge in [-0.3, -0.25) is 0 Å². The zero-order valence-electron chi connectivity index (χ0n) is 11.6. The van der Waals surface area contributed by atoms with Crippen molar-refractivity contribution in [1.82, 2.24) is 5.32 Å². The lowest BCUT2D eigenvalue weighted by Crippen LogP contribution is -2.42. The number of hydrogen-bond donors (Lipinski definition) is 1. The molecule has 1 aliphatic rings. The van der Waals surface area contributed by atoms with Gasteiger partial charge in [-0.25, -0.2) is 0 Å². The first-order valence-electron chi connectivity index (χ1n) is 7.03. The molecular weight excluding hydrogens is 290 g/mol. The molecule has 102 valence electrons. The average Bonchev–Trinajstić information content (AvgIpc) is 2.72. The number of rotatable bonds is 4. The van der Waals surface area contributed by atoms with Crippen molar-refractivity contribution in [2.75, 3.05) is 0 Å². The summed E-state index contributed by atoms with van der Waals surface area (Å²) in [5.41, 5.74) is 0. The number of hydrogen-bond acceptors (Lipinski definition) is 2. The number of nitrogens with one attached hydrogen (secondary N) is 1. The van der Waals surface area contributed by atoms with E-state index in [-0.39, 0.29) is 0 Å². The van der Waals surface area contributed by atoms with Gasteiger partial charge in [-0.2, -0.15) is 0 Å². The van der Waals surface area contributed by atoms with E-state index in [9.17, 15) is 0 Å². The minimum Gasteiger partial charge on any atom is -0.467 e. The lowest BCUT2D eigenvalue weighted by atomic mass is 9.74. The minimum absolute atomic E-state index is 0.630. The van der Waals surface area contributed by atoms with E-state index in [4.69, 9.17) is 4.42 Å². The maximum Gasteiger partial charge on any atom is 0.131 e. The van der Waals surface area contributed by atoms with E-state index in [1.54, 1.807) is 6.26 Å². The summed E-state index contributed by atoms with van der Waals surface area (Å²) in [5.74, 6) is 3.42. The summed E-state index contributed by atoms with van der Waals surface area (Å²) in [6.07, 6.45) is 5.77. The van der Waals surface area contributed by atoms with Crippen LogP contribution >= 0.6 is 15.9 Å². The van der Waals surface area contributed by atoms with Gasteiger partial charge in [0.2, 0.25) is 0 Å². The Morgan fingerprint density at radius 1 is 1.44 bits per heavy atom.